The van der Waals surface area contributed by atoms with Gasteiger partial charge in [0.15, 0.2) is 0 Å². The van der Waals surface area contributed by atoms with E-state index in [1.54, 1.807) is 42.5 Å². The van der Waals surface area contributed by atoms with Gasteiger partial charge in [-0.3, -0.25) is 4.79 Å². The van der Waals surface area contributed by atoms with Crippen LogP contribution in [0.2, 0.25) is 10.0 Å². The lowest BCUT2D eigenvalue weighted by molar-refractivity contribution is 0.102. The molecule has 0 unspecified atom stereocenters. The zero-order valence-corrected chi connectivity index (χ0v) is 14.2. The third kappa shape index (κ3) is 5.13. The molecule has 1 amide bonds. The van der Waals surface area contributed by atoms with Crippen LogP contribution in [0.5, 0.6) is 5.75 Å². The first-order chi connectivity index (χ1) is 11.1. The molecule has 0 fully saturated rings. The van der Waals surface area contributed by atoms with Gasteiger partial charge in [0, 0.05) is 12.2 Å². The summed E-state index contributed by atoms with van der Waals surface area (Å²) in [6, 6.07) is 11.9. The van der Waals surface area contributed by atoms with Crippen LogP contribution in [-0.2, 0) is 4.74 Å². The minimum Gasteiger partial charge on any atom is -0.491 e. The summed E-state index contributed by atoms with van der Waals surface area (Å²) in [6.45, 7) is 3.59. The predicted octanol–water partition coefficient (Wildman–Crippen LogP) is 4.66. The molecule has 0 spiro atoms. The first-order valence-electron chi connectivity index (χ1n) is 7.17. The average Bonchev–Trinajstić information content (AvgIpc) is 2.56. The van der Waals surface area contributed by atoms with E-state index in [-0.39, 0.29) is 5.91 Å². The van der Waals surface area contributed by atoms with Crippen molar-refractivity contribution in [2.75, 3.05) is 25.1 Å². The molecule has 23 heavy (non-hydrogen) atoms. The van der Waals surface area contributed by atoms with Gasteiger partial charge in [-0.05, 0) is 43.3 Å². The molecule has 0 bridgehead atoms. The lowest BCUT2D eigenvalue weighted by atomic mass is 10.2. The van der Waals surface area contributed by atoms with E-state index in [4.69, 9.17) is 32.7 Å². The molecule has 2 aromatic carbocycles. The number of rotatable bonds is 7. The average molecular weight is 354 g/mol. The highest BCUT2D eigenvalue weighted by atomic mass is 35.5. The summed E-state index contributed by atoms with van der Waals surface area (Å²) in [6.07, 6.45) is 0. The lowest BCUT2D eigenvalue weighted by Crippen LogP contribution is -2.12. The summed E-state index contributed by atoms with van der Waals surface area (Å²) in [5.74, 6) is 0.414. The molecule has 122 valence electrons. The first-order valence-corrected chi connectivity index (χ1v) is 7.93. The molecule has 0 radical (unpaired) electrons. The van der Waals surface area contributed by atoms with Crippen LogP contribution in [0.4, 0.5) is 5.69 Å². The Morgan fingerprint density at radius 3 is 2.52 bits per heavy atom. The van der Waals surface area contributed by atoms with Crippen molar-refractivity contribution >= 4 is 34.8 Å². The fourth-order valence-corrected chi connectivity index (χ4v) is 2.21. The Kier molecular flexibility index (Phi) is 6.71. The number of halogens is 2. The summed E-state index contributed by atoms with van der Waals surface area (Å²) in [5, 5.41) is 3.44. The van der Waals surface area contributed by atoms with E-state index in [2.05, 4.69) is 5.32 Å². The maximum atomic E-state index is 12.2. The van der Waals surface area contributed by atoms with Crippen molar-refractivity contribution in [3.05, 3.63) is 58.1 Å². The van der Waals surface area contributed by atoms with Crippen LogP contribution >= 0.6 is 23.2 Å². The summed E-state index contributed by atoms with van der Waals surface area (Å²) in [4.78, 5) is 12.2. The van der Waals surface area contributed by atoms with Crippen molar-refractivity contribution in [1.29, 1.82) is 0 Å². The second-order valence-corrected chi connectivity index (χ2v) is 5.41. The van der Waals surface area contributed by atoms with E-state index in [9.17, 15) is 4.79 Å². The van der Waals surface area contributed by atoms with Crippen LogP contribution in [0.25, 0.3) is 0 Å². The predicted molar refractivity (Wildman–Crippen MR) is 92.8 cm³/mol. The van der Waals surface area contributed by atoms with Crippen molar-refractivity contribution in [3.63, 3.8) is 0 Å². The third-order valence-corrected chi connectivity index (χ3v) is 3.84. The lowest BCUT2D eigenvalue weighted by Gasteiger charge is -2.09. The van der Waals surface area contributed by atoms with Gasteiger partial charge >= 0.3 is 0 Å². The molecule has 0 saturated heterocycles. The monoisotopic (exact) mass is 353 g/mol. The number of hydrogen-bond acceptors (Lipinski definition) is 3. The summed E-state index contributed by atoms with van der Waals surface area (Å²) in [7, 11) is 0. The van der Waals surface area contributed by atoms with Crippen molar-refractivity contribution in [3.8, 4) is 5.75 Å². The van der Waals surface area contributed by atoms with Gasteiger partial charge in [-0.2, -0.15) is 0 Å². The summed E-state index contributed by atoms with van der Waals surface area (Å²) in [5.41, 5.74) is 0.972. The fourth-order valence-electron chi connectivity index (χ4n) is 1.86. The minimum atomic E-state index is -0.268. The van der Waals surface area contributed by atoms with E-state index < -0.39 is 0 Å². The van der Waals surface area contributed by atoms with Gasteiger partial charge < -0.3 is 14.8 Å². The second kappa shape index (κ2) is 8.77. The van der Waals surface area contributed by atoms with Gasteiger partial charge in [0.05, 0.1) is 22.3 Å². The number of hydrogen-bond donors (Lipinski definition) is 1. The maximum absolute atomic E-state index is 12.2. The topological polar surface area (TPSA) is 47.6 Å². The maximum Gasteiger partial charge on any atom is 0.255 e. The Bertz CT molecular complexity index is 659. The number of carbonyl (C=O) groups is 1. The normalized spacial score (nSPS) is 10.4. The van der Waals surface area contributed by atoms with Crippen LogP contribution in [-0.4, -0.2) is 25.7 Å². The quantitative estimate of drug-likeness (QED) is 0.736. The summed E-state index contributed by atoms with van der Waals surface area (Å²) < 4.78 is 10.7. The van der Waals surface area contributed by atoms with Crippen LogP contribution < -0.4 is 10.1 Å². The number of amides is 1. The van der Waals surface area contributed by atoms with Gasteiger partial charge in [0.1, 0.15) is 12.4 Å². The van der Waals surface area contributed by atoms with Crippen LogP contribution in [0, 0.1) is 0 Å². The largest absolute Gasteiger partial charge is 0.491 e. The number of carbonyl (C=O) groups excluding carboxylic acids is 1. The molecular formula is C17H17Cl2NO3. The van der Waals surface area contributed by atoms with Crippen molar-refractivity contribution in [2.24, 2.45) is 0 Å². The number of anilines is 1. The van der Waals surface area contributed by atoms with E-state index in [1.807, 2.05) is 6.92 Å². The standard InChI is InChI=1S/C17H17Cl2NO3/c1-2-22-10-11-23-13-8-6-12(7-9-13)17(21)20-15-5-3-4-14(18)16(15)19/h3-9H,2,10-11H2,1H3,(H,20,21). The van der Waals surface area contributed by atoms with Gasteiger partial charge in [0.2, 0.25) is 0 Å². The Morgan fingerprint density at radius 2 is 1.83 bits per heavy atom. The molecule has 6 heteroatoms. The zero-order valence-electron chi connectivity index (χ0n) is 12.6. The van der Waals surface area contributed by atoms with E-state index in [1.165, 1.54) is 0 Å². The molecule has 4 nitrogen and oxygen atoms in total. The molecule has 2 aromatic rings. The van der Waals surface area contributed by atoms with Gasteiger partial charge in [-0.1, -0.05) is 29.3 Å². The molecule has 0 atom stereocenters. The minimum absolute atomic E-state index is 0.268. The highest BCUT2D eigenvalue weighted by Gasteiger charge is 2.10. The molecule has 0 aromatic heterocycles. The molecule has 1 N–H and O–H groups in total. The number of nitrogens with one attached hydrogen (secondary N) is 1. The molecular weight excluding hydrogens is 337 g/mol. The Balaban J connectivity index is 1.96. The van der Waals surface area contributed by atoms with Crippen LogP contribution in [0.15, 0.2) is 42.5 Å². The van der Waals surface area contributed by atoms with E-state index in [0.717, 1.165) is 0 Å². The molecule has 0 heterocycles. The Hall–Kier alpha value is -1.75. The van der Waals surface area contributed by atoms with E-state index in [0.29, 0.717) is 46.9 Å². The Morgan fingerprint density at radius 1 is 1.09 bits per heavy atom. The third-order valence-electron chi connectivity index (χ3n) is 3.02. The van der Waals surface area contributed by atoms with Crippen LogP contribution in [0.1, 0.15) is 17.3 Å². The Labute approximate surface area is 145 Å². The second-order valence-electron chi connectivity index (χ2n) is 4.63. The molecule has 0 saturated carbocycles. The molecule has 0 aliphatic rings. The fraction of sp³-hybridized carbons (Fsp3) is 0.235. The van der Waals surface area contributed by atoms with Gasteiger partial charge in [-0.15, -0.1) is 0 Å². The van der Waals surface area contributed by atoms with Crippen molar-refractivity contribution in [1.82, 2.24) is 0 Å². The number of ether oxygens (including phenoxy) is 2. The highest BCUT2D eigenvalue weighted by molar-refractivity contribution is 6.44. The zero-order chi connectivity index (χ0) is 16.7. The van der Waals surface area contributed by atoms with Crippen molar-refractivity contribution < 1.29 is 14.3 Å². The van der Waals surface area contributed by atoms with E-state index >= 15 is 0 Å². The number of benzene rings is 2. The SMILES string of the molecule is CCOCCOc1ccc(C(=O)Nc2cccc(Cl)c2Cl)cc1. The first kappa shape index (κ1) is 17.6. The molecule has 0 aliphatic heterocycles. The summed E-state index contributed by atoms with van der Waals surface area (Å²) >= 11 is 12.0. The van der Waals surface area contributed by atoms with Gasteiger partial charge in [-0.25, -0.2) is 0 Å². The smallest absolute Gasteiger partial charge is 0.255 e. The van der Waals surface area contributed by atoms with Crippen molar-refractivity contribution in [2.45, 2.75) is 6.92 Å². The van der Waals surface area contributed by atoms with Crippen LogP contribution in [0.3, 0.4) is 0 Å². The molecule has 2 rings (SSSR count). The highest BCUT2D eigenvalue weighted by Crippen LogP contribution is 2.29. The van der Waals surface area contributed by atoms with Gasteiger partial charge in [0.25, 0.3) is 5.91 Å². The molecule has 0 aliphatic carbocycles.